The molecule has 10 nitrogen and oxygen atoms in total. The Balaban J connectivity index is 1.40. The van der Waals surface area contributed by atoms with E-state index in [0.717, 1.165) is 42.7 Å². The first-order valence-corrected chi connectivity index (χ1v) is 13.8. The van der Waals surface area contributed by atoms with Crippen LogP contribution >= 0.6 is 0 Å². The van der Waals surface area contributed by atoms with Gasteiger partial charge < -0.3 is 19.0 Å². The van der Waals surface area contributed by atoms with Crippen LogP contribution in [0.2, 0.25) is 0 Å². The van der Waals surface area contributed by atoms with Crippen molar-refractivity contribution >= 4 is 32.3 Å². The van der Waals surface area contributed by atoms with Crippen molar-refractivity contribution in [3.05, 3.63) is 36.7 Å². The Morgan fingerprint density at radius 1 is 1.17 bits per heavy atom. The second-order valence-electron chi connectivity index (χ2n) is 9.26. The van der Waals surface area contributed by atoms with Gasteiger partial charge in [0, 0.05) is 37.7 Å². The molecule has 0 spiro atoms. The molecule has 0 aliphatic carbocycles. The number of hydrogen-bond acceptors (Lipinski definition) is 9. The molecule has 1 saturated heterocycles. The van der Waals surface area contributed by atoms with Gasteiger partial charge in [0.1, 0.15) is 26.9 Å². The second-order valence-corrected chi connectivity index (χ2v) is 11.5. The first-order valence-electron chi connectivity index (χ1n) is 11.7. The van der Waals surface area contributed by atoms with Gasteiger partial charge in [-0.3, -0.25) is 0 Å². The van der Waals surface area contributed by atoms with Crippen LogP contribution in [0.4, 0.5) is 5.82 Å². The minimum Gasteiger partial charge on any atom is -0.477 e. The predicted molar refractivity (Wildman–Crippen MR) is 135 cm³/mol. The van der Waals surface area contributed by atoms with Gasteiger partial charge in [-0.25, -0.2) is 22.9 Å². The summed E-state index contributed by atoms with van der Waals surface area (Å²) in [5.41, 5.74) is 2.13. The van der Waals surface area contributed by atoms with Gasteiger partial charge in [0.25, 0.3) is 0 Å². The minimum absolute atomic E-state index is 0.0771. The quantitative estimate of drug-likeness (QED) is 0.339. The minimum atomic E-state index is -3.02. The van der Waals surface area contributed by atoms with Crippen molar-refractivity contribution in [1.29, 1.82) is 0 Å². The highest BCUT2D eigenvalue weighted by atomic mass is 32.2. The molecule has 1 aliphatic rings. The SMILES string of the molecule is CN(C)C1CCN(c2nccc3oc(-c4cnc5ccc(OCCCS(C)(=O)=O)nn45)cc23)CC1. The topological polar surface area (TPSA) is 106 Å². The number of furan rings is 1. The van der Waals surface area contributed by atoms with E-state index < -0.39 is 9.84 Å². The van der Waals surface area contributed by atoms with E-state index in [1.165, 1.54) is 6.26 Å². The van der Waals surface area contributed by atoms with E-state index in [1.54, 1.807) is 23.0 Å². The molecule has 35 heavy (non-hydrogen) atoms. The van der Waals surface area contributed by atoms with Crippen LogP contribution < -0.4 is 9.64 Å². The van der Waals surface area contributed by atoms with E-state index in [2.05, 4.69) is 39.0 Å². The third kappa shape index (κ3) is 5.10. The molecule has 4 aromatic rings. The summed E-state index contributed by atoms with van der Waals surface area (Å²) in [5.74, 6) is 2.05. The van der Waals surface area contributed by atoms with Crippen molar-refractivity contribution in [1.82, 2.24) is 24.5 Å². The number of hydrogen-bond donors (Lipinski definition) is 0. The third-order valence-corrected chi connectivity index (χ3v) is 7.45. The average molecular weight is 499 g/mol. The Morgan fingerprint density at radius 2 is 1.97 bits per heavy atom. The summed E-state index contributed by atoms with van der Waals surface area (Å²) in [6.45, 7) is 2.17. The Labute approximate surface area is 204 Å². The molecule has 1 aliphatic heterocycles. The lowest BCUT2D eigenvalue weighted by molar-refractivity contribution is 0.249. The van der Waals surface area contributed by atoms with Gasteiger partial charge >= 0.3 is 0 Å². The number of imidazole rings is 1. The van der Waals surface area contributed by atoms with Crippen LogP contribution in [0.5, 0.6) is 5.88 Å². The average Bonchev–Trinajstić information content (AvgIpc) is 3.45. The van der Waals surface area contributed by atoms with Crippen molar-refractivity contribution in [2.45, 2.75) is 25.3 Å². The van der Waals surface area contributed by atoms with Gasteiger partial charge in [0.2, 0.25) is 5.88 Å². The molecule has 5 rings (SSSR count). The number of piperidine rings is 1. The number of aromatic nitrogens is 4. The summed E-state index contributed by atoms with van der Waals surface area (Å²) < 4.78 is 36.2. The molecule has 0 unspecified atom stereocenters. The second kappa shape index (κ2) is 9.46. The summed E-state index contributed by atoms with van der Waals surface area (Å²) in [6, 6.07) is 8.01. The van der Waals surface area contributed by atoms with E-state index >= 15 is 0 Å². The fourth-order valence-electron chi connectivity index (χ4n) is 4.52. The lowest BCUT2D eigenvalue weighted by atomic mass is 10.0. The molecule has 0 saturated carbocycles. The van der Waals surface area contributed by atoms with E-state index in [9.17, 15) is 8.42 Å². The van der Waals surface area contributed by atoms with Gasteiger partial charge in [-0.15, -0.1) is 5.10 Å². The number of ether oxygens (including phenoxy) is 1. The van der Waals surface area contributed by atoms with Crippen LogP contribution in [0.15, 0.2) is 41.1 Å². The number of anilines is 1. The number of rotatable bonds is 8. The standard InChI is InChI=1S/C24H30N6O4S/c1-28(2)17-8-11-29(12-9-17)24-18-15-21(34-20(18)7-10-25-24)19-16-26-22-5-6-23(27-30(19)22)33-13-4-14-35(3,31)32/h5-7,10,15-17H,4,8-9,11-14H2,1-3H3. The fraction of sp³-hybridized carbons (Fsp3) is 0.458. The van der Waals surface area contributed by atoms with Crippen LogP contribution in [-0.4, -0.2) is 84.7 Å². The van der Waals surface area contributed by atoms with E-state index in [-0.39, 0.29) is 12.4 Å². The number of sulfone groups is 1. The molecular formula is C24H30N6O4S. The Hall–Kier alpha value is -3.18. The van der Waals surface area contributed by atoms with E-state index in [4.69, 9.17) is 9.15 Å². The zero-order valence-electron chi connectivity index (χ0n) is 20.2. The van der Waals surface area contributed by atoms with Crippen LogP contribution in [0.3, 0.4) is 0 Å². The van der Waals surface area contributed by atoms with Gasteiger partial charge in [-0.2, -0.15) is 0 Å². The Morgan fingerprint density at radius 3 is 2.71 bits per heavy atom. The van der Waals surface area contributed by atoms with Crippen molar-refractivity contribution in [2.24, 2.45) is 0 Å². The fourth-order valence-corrected chi connectivity index (χ4v) is 5.16. The molecule has 5 heterocycles. The molecular weight excluding hydrogens is 468 g/mol. The van der Waals surface area contributed by atoms with Crippen LogP contribution in [0, 0.1) is 0 Å². The summed E-state index contributed by atoms with van der Waals surface area (Å²) in [7, 11) is 1.26. The maximum atomic E-state index is 11.3. The highest BCUT2D eigenvalue weighted by Gasteiger charge is 2.24. The van der Waals surface area contributed by atoms with Crippen molar-refractivity contribution < 1.29 is 17.6 Å². The van der Waals surface area contributed by atoms with Crippen molar-refractivity contribution in [2.75, 3.05) is 50.7 Å². The van der Waals surface area contributed by atoms with Crippen molar-refractivity contribution in [3.63, 3.8) is 0 Å². The molecule has 0 N–H and O–H groups in total. The molecule has 0 atom stereocenters. The van der Waals surface area contributed by atoms with Crippen LogP contribution in [-0.2, 0) is 9.84 Å². The summed E-state index contributed by atoms with van der Waals surface area (Å²) in [4.78, 5) is 13.8. The molecule has 0 amide bonds. The molecule has 0 radical (unpaired) electrons. The van der Waals surface area contributed by atoms with Crippen LogP contribution in [0.25, 0.3) is 28.1 Å². The number of pyridine rings is 1. The maximum absolute atomic E-state index is 11.3. The largest absolute Gasteiger partial charge is 0.477 e. The van der Waals surface area contributed by atoms with Gasteiger partial charge in [0.05, 0.1) is 23.9 Å². The first kappa shape index (κ1) is 23.6. The van der Waals surface area contributed by atoms with Crippen LogP contribution in [0.1, 0.15) is 19.3 Å². The number of nitrogens with zero attached hydrogens (tertiary/aromatic N) is 6. The molecule has 0 bridgehead atoms. The predicted octanol–water partition coefficient (Wildman–Crippen LogP) is 2.88. The van der Waals surface area contributed by atoms with Gasteiger partial charge in [-0.05, 0) is 51.6 Å². The molecule has 0 aromatic carbocycles. The lowest BCUT2D eigenvalue weighted by Gasteiger charge is -2.36. The summed E-state index contributed by atoms with van der Waals surface area (Å²) in [6.07, 6.45) is 7.33. The highest BCUT2D eigenvalue weighted by Crippen LogP contribution is 2.34. The first-order chi connectivity index (χ1) is 16.8. The van der Waals surface area contributed by atoms with Gasteiger partial charge in [0.15, 0.2) is 11.4 Å². The number of fused-ring (bicyclic) bond motifs is 2. The monoisotopic (exact) mass is 498 g/mol. The molecule has 11 heteroatoms. The third-order valence-electron chi connectivity index (χ3n) is 6.42. The zero-order chi connectivity index (χ0) is 24.6. The molecule has 1 fully saturated rings. The van der Waals surface area contributed by atoms with E-state index in [1.807, 2.05) is 18.2 Å². The zero-order valence-corrected chi connectivity index (χ0v) is 21.0. The Bertz CT molecular complexity index is 1440. The van der Waals surface area contributed by atoms with E-state index in [0.29, 0.717) is 35.4 Å². The molecule has 4 aromatic heterocycles. The lowest BCUT2D eigenvalue weighted by Crippen LogP contribution is -2.42. The molecule has 186 valence electrons. The van der Waals surface area contributed by atoms with Crippen molar-refractivity contribution in [3.8, 4) is 17.3 Å². The van der Waals surface area contributed by atoms with Gasteiger partial charge in [-0.1, -0.05) is 0 Å². The summed E-state index contributed by atoms with van der Waals surface area (Å²) >= 11 is 0. The Kier molecular flexibility index (Phi) is 6.37. The maximum Gasteiger partial charge on any atom is 0.231 e. The smallest absolute Gasteiger partial charge is 0.231 e. The highest BCUT2D eigenvalue weighted by molar-refractivity contribution is 7.90. The summed E-state index contributed by atoms with van der Waals surface area (Å²) in [5, 5.41) is 5.51. The normalized spacial score (nSPS) is 15.5.